The van der Waals surface area contributed by atoms with Gasteiger partial charge in [-0.05, 0) is 19.1 Å². The summed E-state index contributed by atoms with van der Waals surface area (Å²) >= 11 is 0. The topological polar surface area (TPSA) is 51.0 Å². The predicted octanol–water partition coefficient (Wildman–Crippen LogP) is 1.99. The van der Waals surface area contributed by atoms with Gasteiger partial charge in [-0.15, -0.1) is 0 Å². The average molecular weight is 189 g/mol. The van der Waals surface area contributed by atoms with Crippen molar-refractivity contribution in [1.82, 2.24) is 10.1 Å². The third-order valence-corrected chi connectivity index (χ3v) is 1.79. The van der Waals surface area contributed by atoms with Crippen molar-refractivity contribution in [2.45, 2.75) is 13.5 Å². The highest BCUT2D eigenvalue weighted by molar-refractivity contribution is 5.42. The molecule has 1 N–H and O–H groups in total. The van der Waals surface area contributed by atoms with E-state index in [-0.39, 0.29) is 0 Å². The van der Waals surface area contributed by atoms with Crippen molar-refractivity contribution in [3.05, 3.63) is 42.0 Å². The first-order chi connectivity index (χ1) is 6.84. The number of rotatable bonds is 3. The summed E-state index contributed by atoms with van der Waals surface area (Å²) in [6, 6.07) is 9.90. The van der Waals surface area contributed by atoms with Crippen molar-refractivity contribution in [2.24, 2.45) is 0 Å². The fourth-order valence-electron chi connectivity index (χ4n) is 1.15. The smallest absolute Gasteiger partial charge is 0.245 e. The zero-order valence-electron chi connectivity index (χ0n) is 7.90. The molecule has 0 unspecified atom stereocenters. The Hall–Kier alpha value is -1.84. The Kier molecular flexibility index (Phi) is 2.44. The highest BCUT2D eigenvalue weighted by Crippen LogP contribution is 2.06. The number of para-hydroxylation sites is 1. The molecular formula is C10H11N3O. The highest BCUT2D eigenvalue weighted by Gasteiger charge is 2.00. The maximum absolute atomic E-state index is 4.96. The second-order valence-corrected chi connectivity index (χ2v) is 2.95. The number of anilines is 1. The summed E-state index contributed by atoms with van der Waals surface area (Å²) in [5, 5.41) is 6.88. The molecule has 0 radical (unpaired) electrons. The maximum Gasteiger partial charge on any atom is 0.245 e. The van der Waals surface area contributed by atoms with Gasteiger partial charge in [-0.2, -0.15) is 4.98 Å². The van der Waals surface area contributed by atoms with Gasteiger partial charge in [0.05, 0.1) is 6.54 Å². The first kappa shape index (κ1) is 8.74. The number of hydrogen-bond donors (Lipinski definition) is 1. The molecular weight excluding hydrogens is 178 g/mol. The Labute approximate surface area is 82.0 Å². The Morgan fingerprint density at radius 3 is 2.71 bits per heavy atom. The molecule has 0 saturated heterocycles. The van der Waals surface area contributed by atoms with Gasteiger partial charge >= 0.3 is 0 Å². The van der Waals surface area contributed by atoms with Crippen LogP contribution in [0.3, 0.4) is 0 Å². The molecule has 1 aromatic carbocycles. The van der Waals surface area contributed by atoms with Crippen molar-refractivity contribution < 1.29 is 4.52 Å². The van der Waals surface area contributed by atoms with Crippen molar-refractivity contribution in [1.29, 1.82) is 0 Å². The van der Waals surface area contributed by atoms with E-state index in [1.807, 2.05) is 30.3 Å². The molecule has 1 aromatic heterocycles. The largest absolute Gasteiger partial charge is 0.376 e. The summed E-state index contributed by atoms with van der Waals surface area (Å²) in [4.78, 5) is 4.09. The number of nitrogens with zero attached hydrogens (tertiary/aromatic N) is 2. The second-order valence-electron chi connectivity index (χ2n) is 2.95. The molecule has 0 saturated carbocycles. The average Bonchev–Trinajstić information content (AvgIpc) is 2.63. The van der Waals surface area contributed by atoms with E-state index in [0.29, 0.717) is 18.3 Å². The van der Waals surface area contributed by atoms with Crippen molar-refractivity contribution in [2.75, 3.05) is 5.32 Å². The van der Waals surface area contributed by atoms with Gasteiger partial charge < -0.3 is 9.84 Å². The summed E-state index contributed by atoms with van der Waals surface area (Å²) in [5.41, 5.74) is 1.04. The van der Waals surface area contributed by atoms with Crippen LogP contribution >= 0.6 is 0 Å². The van der Waals surface area contributed by atoms with Crippen LogP contribution in [-0.4, -0.2) is 10.1 Å². The molecule has 0 spiro atoms. The number of aryl methyl sites for hydroxylation is 1. The Morgan fingerprint density at radius 1 is 1.29 bits per heavy atom. The molecule has 1 heterocycles. The predicted molar refractivity (Wildman–Crippen MR) is 52.8 cm³/mol. The quantitative estimate of drug-likeness (QED) is 0.802. The zero-order valence-corrected chi connectivity index (χ0v) is 7.90. The van der Waals surface area contributed by atoms with Gasteiger partial charge in [0.2, 0.25) is 5.89 Å². The SMILES string of the molecule is Cc1noc(CNc2ccccc2)n1. The van der Waals surface area contributed by atoms with Crippen LogP contribution in [0.5, 0.6) is 0 Å². The molecule has 0 fully saturated rings. The normalized spacial score (nSPS) is 10.1. The molecule has 2 rings (SSSR count). The zero-order chi connectivity index (χ0) is 9.80. The number of benzene rings is 1. The monoisotopic (exact) mass is 189 g/mol. The van der Waals surface area contributed by atoms with Crippen LogP contribution < -0.4 is 5.32 Å². The molecule has 0 amide bonds. The fourth-order valence-corrected chi connectivity index (χ4v) is 1.15. The van der Waals surface area contributed by atoms with E-state index in [1.165, 1.54) is 0 Å². The van der Waals surface area contributed by atoms with Crippen molar-refractivity contribution in [3.63, 3.8) is 0 Å². The van der Waals surface area contributed by atoms with E-state index in [0.717, 1.165) is 5.69 Å². The lowest BCUT2D eigenvalue weighted by Crippen LogP contribution is -1.99. The van der Waals surface area contributed by atoms with E-state index in [2.05, 4.69) is 15.5 Å². The number of aromatic nitrogens is 2. The molecule has 0 bridgehead atoms. The summed E-state index contributed by atoms with van der Waals surface area (Å²) < 4.78 is 4.96. The number of hydrogen-bond acceptors (Lipinski definition) is 4. The summed E-state index contributed by atoms with van der Waals surface area (Å²) in [6.07, 6.45) is 0. The molecule has 14 heavy (non-hydrogen) atoms. The molecule has 0 aliphatic heterocycles. The number of nitrogens with one attached hydrogen (secondary N) is 1. The summed E-state index contributed by atoms with van der Waals surface area (Å²) in [6.45, 7) is 2.36. The van der Waals surface area contributed by atoms with Gasteiger partial charge in [0.15, 0.2) is 5.82 Å². The lowest BCUT2D eigenvalue weighted by molar-refractivity contribution is 0.379. The van der Waals surface area contributed by atoms with Crippen LogP contribution in [0.15, 0.2) is 34.9 Å². The van der Waals surface area contributed by atoms with E-state index in [4.69, 9.17) is 4.52 Å². The molecule has 0 aliphatic carbocycles. The molecule has 0 aliphatic rings. The molecule has 4 nitrogen and oxygen atoms in total. The lowest BCUT2D eigenvalue weighted by Gasteiger charge is -2.01. The summed E-state index contributed by atoms with van der Waals surface area (Å²) in [5.74, 6) is 1.27. The minimum atomic E-state index is 0.560. The highest BCUT2D eigenvalue weighted by atomic mass is 16.5. The summed E-state index contributed by atoms with van der Waals surface area (Å²) in [7, 11) is 0. The first-order valence-electron chi connectivity index (χ1n) is 4.43. The first-order valence-corrected chi connectivity index (χ1v) is 4.43. The minimum Gasteiger partial charge on any atom is -0.376 e. The molecule has 72 valence electrons. The third kappa shape index (κ3) is 2.10. The maximum atomic E-state index is 4.96. The van der Waals surface area contributed by atoms with Gasteiger partial charge in [-0.1, -0.05) is 23.4 Å². The van der Waals surface area contributed by atoms with E-state index < -0.39 is 0 Å². The van der Waals surface area contributed by atoms with E-state index in [9.17, 15) is 0 Å². The van der Waals surface area contributed by atoms with Crippen molar-refractivity contribution in [3.8, 4) is 0 Å². The fraction of sp³-hybridized carbons (Fsp3) is 0.200. The van der Waals surface area contributed by atoms with Gasteiger partial charge in [0, 0.05) is 5.69 Å². The second kappa shape index (κ2) is 3.91. The van der Waals surface area contributed by atoms with Crippen LogP contribution in [0, 0.1) is 6.92 Å². The Bertz CT molecular complexity index is 397. The minimum absolute atomic E-state index is 0.560. The lowest BCUT2D eigenvalue weighted by atomic mass is 10.3. The van der Waals surface area contributed by atoms with Crippen LogP contribution in [0.2, 0.25) is 0 Å². The van der Waals surface area contributed by atoms with Crippen LogP contribution in [0.25, 0.3) is 0 Å². The Balaban J connectivity index is 1.95. The molecule has 4 heteroatoms. The van der Waals surface area contributed by atoms with Crippen LogP contribution in [0.4, 0.5) is 5.69 Å². The van der Waals surface area contributed by atoms with Gasteiger partial charge in [0.1, 0.15) is 0 Å². The third-order valence-electron chi connectivity index (χ3n) is 1.79. The van der Waals surface area contributed by atoms with Gasteiger partial charge in [-0.25, -0.2) is 0 Å². The van der Waals surface area contributed by atoms with Gasteiger partial charge in [0.25, 0.3) is 0 Å². The van der Waals surface area contributed by atoms with Crippen molar-refractivity contribution >= 4 is 5.69 Å². The van der Waals surface area contributed by atoms with Crippen LogP contribution in [0.1, 0.15) is 11.7 Å². The Morgan fingerprint density at radius 2 is 2.07 bits per heavy atom. The van der Waals surface area contributed by atoms with Crippen LogP contribution in [-0.2, 0) is 6.54 Å². The molecule has 0 atom stereocenters. The van der Waals surface area contributed by atoms with E-state index >= 15 is 0 Å². The van der Waals surface area contributed by atoms with E-state index in [1.54, 1.807) is 6.92 Å². The standard InChI is InChI=1S/C10H11N3O/c1-8-12-10(14-13-8)7-11-9-5-3-2-4-6-9/h2-6,11H,7H2,1H3. The molecule has 2 aromatic rings. The van der Waals surface area contributed by atoms with Gasteiger partial charge in [-0.3, -0.25) is 0 Å².